The lowest BCUT2D eigenvalue weighted by atomic mass is 9.69. The number of primary amides is 1. The summed E-state index contributed by atoms with van der Waals surface area (Å²) in [5, 5.41) is 6.52. The van der Waals surface area contributed by atoms with E-state index in [0.717, 1.165) is 30.8 Å². The maximum atomic E-state index is 12.3. The van der Waals surface area contributed by atoms with Crippen LogP contribution in [0, 0.1) is 5.92 Å². The number of amides is 1. The highest BCUT2D eigenvalue weighted by molar-refractivity contribution is 7.09. The van der Waals surface area contributed by atoms with E-state index in [4.69, 9.17) is 10.5 Å². The van der Waals surface area contributed by atoms with Gasteiger partial charge in [0.1, 0.15) is 5.60 Å². The summed E-state index contributed by atoms with van der Waals surface area (Å²) in [6, 6.07) is 10.4. The molecule has 3 N–H and O–H groups in total. The van der Waals surface area contributed by atoms with Gasteiger partial charge in [0.2, 0.25) is 5.91 Å². The molecular weight excluding hydrogens is 346 g/mol. The Morgan fingerprint density at radius 1 is 1.46 bits per heavy atom. The van der Waals surface area contributed by atoms with E-state index in [9.17, 15) is 4.79 Å². The molecule has 0 bridgehead atoms. The van der Waals surface area contributed by atoms with Crippen LogP contribution in [-0.4, -0.2) is 36.2 Å². The van der Waals surface area contributed by atoms with Gasteiger partial charge in [-0.2, -0.15) is 0 Å². The summed E-state index contributed by atoms with van der Waals surface area (Å²) in [6.07, 6.45) is 4.59. The molecule has 4 atom stereocenters. The van der Waals surface area contributed by atoms with Crippen LogP contribution in [0.5, 0.6) is 0 Å². The number of benzene rings is 1. The fourth-order valence-corrected chi connectivity index (χ4v) is 5.11. The second-order valence-corrected chi connectivity index (χ2v) is 7.87. The molecule has 1 aromatic carbocycles. The van der Waals surface area contributed by atoms with Gasteiger partial charge >= 0.3 is 0 Å². The molecule has 5 nitrogen and oxygen atoms in total. The van der Waals surface area contributed by atoms with Crippen LogP contribution in [0.1, 0.15) is 36.3 Å². The number of nitrogens with two attached hydrogens (primary N) is 1. The predicted molar refractivity (Wildman–Crippen MR) is 104 cm³/mol. The zero-order valence-corrected chi connectivity index (χ0v) is 16.2. The first-order valence-corrected chi connectivity index (χ1v) is 9.98. The summed E-state index contributed by atoms with van der Waals surface area (Å²) >= 11 is 1.61. The summed E-state index contributed by atoms with van der Waals surface area (Å²) < 4.78 is 6.21. The molecule has 0 aliphatic carbocycles. The van der Waals surface area contributed by atoms with Gasteiger partial charge in [-0.25, -0.2) is 4.98 Å². The third-order valence-electron chi connectivity index (χ3n) is 5.64. The molecule has 2 heterocycles. The number of nitrogens with one attached hydrogen (secondary N) is 1. The number of ether oxygens (including phenoxy) is 1. The van der Waals surface area contributed by atoms with Crippen molar-refractivity contribution in [2.24, 2.45) is 11.7 Å². The second-order valence-electron chi connectivity index (χ2n) is 6.94. The van der Waals surface area contributed by atoms with Gasteiger partial charge in [-0.15, -0.1) is 11.3 Å². The number of carbonyl (C=O) groups is 1. The first-order valence-electron chi connectivity index (χ1n) is 9.10. The van der Waals surface area contributed by atoms with E-state index in [1.807, 2.05) is 36.7 Å². The fourth-order valence-electron chi connectivity index (χ4n) is 4.30. The largest absolute Gasteiger partial charge is 0.375 e. The Bertz CT molecular complexity index is 701. The van der Waals surface area contributed by atoms with Crippen molar-refractivity contribution in [3.63, 3.8) is 0 Å². The van der Waals surface area contributed by atoms with Crippen molar-refractivity contribution in [3.05, 3.63) is 52.5 Å². The number of thiazole rings is 1. The molecule has 0 unspecified atom stereocenters. The number of hydrogen-bond donors (Lipinski definition) is 2. The van der Waals surface area contributed by atoms with Gasteiger partial charge in [0.25, 0.3) is 0 Å². The van der Waals surface area contributed by atoms with Crippen LogP contribution >= 0.6 is 11.3 Å². The van der Waals surface area contributed by atoms with E-state index in [0.29, 0.717) is 0 Å². The smallest absolute Gasteiger partial charge is 0.223 e. The number of nitrogens with zero attached hydrogens (tertiary/aromatic N) is 1. The van der Waals surface area contributed by atoms with Crippen LogP contribution in [0.4, 0.5) is 0 Å². The Balaban J connectivity index is 2.09. The number of hydrogen-bond acceptors (Lipinski definition) is 5. The van der Waals surface area contributed by atoms with Gasteiger partial charge in [0, 0.05) is 30.6 Å². The lowest BCUT2D eigenvalue weighted by Gasteiger charge is -2.46. The van der Waals surface area contributed by atoms with E-state index in [1.54, 1.807) is 18.4 Å². The van der Waals surface area contributed by atoms with Crippen molar-refractivity contribution in [1.29, 1.82) is 0 Å². The summed E-state index contributed by atoms with van der Waals surface area (Å²) in [4.78, 5) is 16.9. The van der Waals surface area contributed by atoms with Crippen LogP contribution in [0.25, 0.3) is 0 Å². The minimum Gasteiger partial charge on any atom is -0.375 e. The van der Waals surface area contributed by atoms with E-state index in [2.05, 4.69) is 22.4 Å². The molecule has 26 heavy (non-hydrogen) atoms. The minimum absolute atomic E-state index is 0.0620. The van der Waals surface area contributed by atoms with Crippen LogP contribution in [0.15, 0.2) is 41.9 Å². The second kappa shape index (κ2) is 8.29. The molecule has 1 fully saturated rings. The molecule has 3 rings (SSSR count). The zero-order chi connectivity index (χ0) is 18.6. The highest BCUT2D eigenvalue weighted by Gasteiger charge is 2.53. The molecule has 0 saturated carbocycles. The molecule has 1 amide bonds. The lowest BCUT2D eigenvalue weighted by Crippen LogP contribution is -2.60. The summed E-state index contributed by atoms with van der Waals surface area (Å²) in [5.74, 6) is -0.844. The van der Waals surface area contributed by atoms with Gasteiger partial charge in [-0.3, -0.25) is 4.79 Å². The normalized spacial score (nSPS) is 21.8. The Morgan fingerprint density at radius 2 is 2.23 bits per heavy atom. The van der Waals surface area contributed by atoms with E-state index in [1.165, 1.54) is 5.56 Å². The van der Waals surface area contributed by atoms with Crippen LogP contribution in [-0.2, 0) is 16.0 Å². The molecule has 1 aromatic heterocycles. The van der Waals surface area contributed by atoms with Crippen LogP contribution < -0.4 is 11.1 Å². The van der Waals surface area contributed by atoms with Gasteiger partial charge in [-0.1, -0.05) is 37.3 Å². The van der Waals surface area contributed by atoms with Gasteiger partial charge in [-0.05, 0) is 31.4 Å². The topological polar surface area (TPSA) is 77.2 Å². The number of aromatic nitrogens is 1. The summed E-state index contributed by atoms with van der Waals surface area (Å²) in [7, 11) is 1.70. The number of carbonyl (C=O) groups excluding carboxylic acids is 1. The fraction of sp³-hybridized carbons (Fsp3) is 0.500. The summed E-state index contributed by atoms with van der Waals surface area (Å²) in [5.41, 5.74) is 6.24. The average molecular weight is 374 g/mol. The first-order chi connectivity index (χ1) is 12.6. The highest BCUT2D eigenvalue weighted by Crippen LogP contribution is 2.45. The Labute approximate surface area is 159 Å². The van der Waals surface area contributed by atoms with Crippen molar-refractivity contribution in [2.75, 3.05) is 13.7 Å². The Kier molecular flexibility index (Phi) is 6.06. The van der Waals surface area contributed by atoms with Gasteiger partial charge in [0.15, 0.2) is 0 Å². The summed E-state index contributed by atoms with van der Waals surface area (Å²) in [6.45, 7) is 2.81. The highest BCUT2D eigenvalue weighted by atomic mass is 32.1. The molecule has 2 aromatic rings. The zero-order valence-electron chi connectivity index (χ0n) is 15.4. The maximum Gasteiger partial charge on any atom is 0.223 e. The maximum absolute atomic E-state index is 12.3. The molecule has 1 saturated heterocycles. The standard InChI is InChI=1S/C20H27N3O2S/c1-14(18(21)24)20(25-2,17-9-6-10-22-17)16(19-23-11-12-26-19)13-15-7-4-3-5-8-15/h3-5,7-8,11-12,14,16-17,22H,6,9-10,13H2,1-2H3,(H2,21,24)/t14-,16+,17-,20+/m0/s1. The number of rotatable bonds is 8. The predicted octanol–water partition coefficient (Wildman–Crippen LogP) is 2.73. The first kappa shape index (κ1) is 19.0. The monoisotopic (exact) mass is 373 g/mol. The Hall–Kier alpha value is -1.76. The molecule has 0 radical (unpaired) electrons. The molecule has 1 aliphatic rings. The van der Waals surface area contributed by atoms with Crippen molar-refractivity contribution < 1.29 is 9.53 Å². The van der Waals surface area contributed by atoms with Crippen LogP contribution in [0.2, 0.25) is 0 Å². The van der Waals surface area contributed by atoms with Crippen molar-refractivity contribution >= 4 is 17.2 Å². The van der Waals surface area contributed by atoms with Crippen molar-refractivity contribution in [3.8, 4) is 0 Å². The molecular formula is C20H27N3O2S. The minimum atomic E-state index is -0.740. The number of methoxy groups -OCH3 is 1. The van der Waals surface area contributed by atoms with E-state index >= 15 is 0 Å². The third kappa shape index (κ3) is 3.54. The third-order valence-corrected chi connectivity index (χ3v) is 6.53. The Morgan fingerprint density at radius 3 is 2.77 bits per heavy atom. The van der Waals surface area contributed by atoms with E-state index in [-0.39, 0.29) is 17.9 Å². The van der Waals surface area contributed by atoms with Crippen molar-refractivity contribution in [1.82, 2.24) is 10.3 Å². The molecule has 0 spiro atoms. The van der Waals surface area contributed by atoms with Gasteiger partial charge < -0.3 is 15.8 Å². The quantitative estimate of drug-likeness (QED) is 0.746. The molecule has 6 heteroatoms. The lowest BCUT2D eigenvalue weighted by molar-refractivity contribution is -0.141. The van der Waals surface area contributed by atoms with Crippen molar-refractivity contribution in [2.45, 2.75) is 43.7 Å². The van der Waals surface area contributed by atoms with E-state index < -0.39 is 11.5 Å². The molecule has 140 valence electrons. The van der Waals surface area contributed by atoms with Gasteiger partial charge in [0.05, 0.1) is 10.9 Å². The SMILES string of the molecule is CO[C@@]([C@@H]1CCCN1)([C@H](Cc1ccccc1)c1nccs1)[C@@H](C)C(N)=O. The van der Waals surface area contributed by atoms with Crippen LogP contribution in [0.3, 0.4) is 0 Å². The average Bonchev–Trinajstić information content (AvgIpc) is 3.36. The molecule has 1 aliphatic heterocycles.